The van der Waals surface area contributed by atoms with E-state index in [9.17, 15) is 0 Å². The highest BCUT2D eigenvalue weighted by Crippen LogP contribution is 2.29. The summed E-state index contributed by atoms with van der Waals surface area (Å²) in [4.78, 5) is 0. The highest BCUT2D eigenvalue weighted by atomic mass is 16.5. The van der Waals surface area contributed by atoms with Gasteiger partial charge in [0.25, 0.3) is 0 Å². The van der Waals surface area contributed by atoms with Crippen LogP contribution >= 0.6 is 0 Å². The Labute approximate surface area is 117 Å². The molecule has 1 fully saturated rings. The Kier molecular flexibility index (Phi) is 5.26. The first-order valence-corrected chi connectivity index (χ1v) is 7.68. The summed E-state index contributed by atoms with van der Waals surface area (Å²) in [5, 5.41) is 0. The van der Waals surface area contributed by atoms with Gasteiger partial charge in [-0.2, -0.15) is 0 Å². The van der Waals surface area contributed by atoms with Crippen LogP contribution in [0.3, 0.4) is 0 Å². The molecule has 1 atom stereocenters. The first-order chi connectivity index (χ1) is 9.17. The fourth-order valence-electron chi connectivity index (χ4n) is 2.93. The topological polar surface area (TPSA) is 35.2 Å². The molecule has 1 aromatic carbocycles. The standard InChI is InChI=1S/C17H27NO/c1-3-14-4-8-16(9-5-14)19-17-10-6-15(7-11-17)12-13(2)18/h6-7,10-11,13-14,16H,3-5,8-9,12,18H2,1-2H3. The molecule has 0 bridgehead atoms. The van der Waals surface area contributed by atoms with Gasteiger partial charge in [-0.15, -0.1) is 0 Å². The van der Waals surface area contributed by atoms with Crippen molar-refractivity contribution in [3.63, 3.8) is 0 Å². The van der Waals surface area contributed by atoms with Crippen LogP contribution < -0.4 is 10.5 Å². The van der Waals surface area contributed by atoms with E-state index in [1.165, 1.54) is 37.7 Å². The minimum absolute atomic E-state index is 0.219. The van der Waals surface area contributed by atoms with Gasteiger partial charge in [0, 0.05) is 6.04 Å². The van der Waals surface area contributed by atoms with Gasteiger partial charge in [0.15, 0.2) is 0 Å². The molecule has 1 saturated carbocycles. The Bertz CT molecular complexity index is 363. The van der Waals surface area contributed by atoms with Crippen molar-refractivity contribution in [2.24, 2.45) is 11.7 Å². The van der Waals surface area contributed by atoms with Crippen LogP contribution in [0.5, 0.6) is 5.75 Å². The Morgan fingerprint density at radius 3 is 2.32 bits per heavy atom. The van der Waals surface area contributed by atoms with Crippen molar-refractivity contribution in [1.29, 1.82) is 0 Å². The lowest BCUT2D eigenvalue weighted by Gasteiger charge is -2.28. The number of benzene rings is 1. The first kappa shape index (κ1) is 14.4. The van der Waals surface area contributed by atoms with Gasteiger partial charge in [-0.25, -0.2) is 0 Å². The van der Waals surface area contributed by atoms with E-state index in [2.05, 4.69) is 31.2 Å². The monoisotopic (exact) mass is 261 g/mol. The van der Waals surface area contributed by atoms with Gasteiger partial charge in [-0.3, -0.25) is 0 Å². The highest BCUT2D eigenvalue weighted by Gasteiger charge is 2.21. The lowest BCUT2D eigenvalue weighted by atomic mass is 9.86. The van der Waals surface area contributed by atoms with E-state index in [-0.39, 0.29) is 6.04 Å². The van der Waals surface area contributed by atoms with Crippen LogP contribution in [0.4, 0.5) is 0 Å². The van der Waals surface area contributed by atoms with Crippen LogP contribution in [0.25, 0.3) is 0 Å². The first-order valence-electron chi connectivity index (χ1n) is 7.68. The largest absolute Gasteiger partial charge is 0.490 e. The molecular formula is C17H27NO. The Hall–Kier alpha value is -1.02. The van der Waals surface area contributed by atoms with Gasteiger partial charge >= 0.3 is 0 Å². The Morgan fingerprint density at radius 2 is 1.79 bits per heavy atom. The van der Waals surface area contributed by atoms with Gasteiger partial charge in [0.1, 0.15) is 5.75 Å². The number of hydrogen-bond donors (Lipinski definition) is 1. The minimum atomic E-state index is 0.219. The molecular weight excluding hydrogens is 234 g/mol. The molecule has 0 spiro atoms. The zero-order chi connectivity index (χ0) is 13.7. The van der Waals surface area contributed by atoms with Gasteiger partial charge in [0.2, 0.25) is 0 Å². The molecule has 1 unspecified atom stereocenters. The van der Waals surface area contributed by atoms with E-state index in [1.54, 1.807) is 0 Å². The molecule has 0 aromatic heterocycles. The van der Waals surface area contributed by atoms with E-state index in [1.807, 2.05) is 6.92 Å². The van der Waals surface area contributed by atoms with Crippen molar-refractivity contribution >= 4 is 0 Å². The summed E-state index contributed by atoms with van der Waals surface area (Å²) in [7, 11) is 0. The van der Waals surface area contributed by atoms with Crippen LogP contribution in [0.15, 0.2) is 24.3 Å². The number of hydrogen-bond acceptors (Lipinski definition) is 2. The molecule has 106 valence electrons. The quantitative estimate of drug-likeness (QED) is 0.871. The third kappa shape index (κ3) is 4.54. The number of nitrogens with two attached hydrogens (primary N) is 1. The average Bonchev–Trinajstić information content (AvgIpc) is 2.41. The summed E-state index contributed by atoms with van der Waals surface area (Å²) < 4.78 is 6.08. The second kappa shape index (κ2) is 6.95. The number of ether oxygens (including phenoxy) is 1. The SMILES string of the molecule is CCC1CCC(Oc2ccc(CC(C)N)cc2)CC1. The predicted octanol–water partition coefficient (Wildman–Crippen LogP) is 3.92. The second-order valence-corrected chi connectivity index (χ2v) is 5.99. The van der Waals surface area contributed by atoms with E-state index in [0.717, 1.165) is 18.1 Å². The van der Waals surface area contributed by atoms with Crippen molar-refractivity contribution < 1.29 is 4.74 Å². The Morgan fingerprint density at radius 1 is 1.16 bits per heavy atom. The molecule has 2 rings (SSSR count). The molecule has 0 saturated heterocycles. The molecule has 1 aromatic rings. The van der Waals surface area contributed by atoms with Crippen molar-refractivity contribution in [3.05, 3.63) is 29.8 Å². The van der Waals surface area contributed by atoms with Crippen molar-refractivity contribution in [2.75, 3.05) is 0 Å². The molecule has 1 aliphatic carbocycles. The maximum atomic E-state index is 6.08. The normalized spacial score (nSPS) is 25.0. The summed E-state index contributed by atoms with van der Waals surface area (Å²) in [6.07, 6.45) is 7.73. The van der Waals surface area contributed by atoms with Crippen molar-refractivity contribution in [1.82, 2.24) is 0 Å². The predicted molar refractivity (Wildman–Crippen MR) is 80.5 cm³/mol. The van der Waals surface area contributed by atoms with E-state index < -0.39 is 0 Å². The van der Waals surface area contributed by atoms with E-state index in [4.69, 9.17) is 10.5 Å². The molecule has 0 heterocycles. The second-order valence-electron chi connectivity index (χ2n) is 5.99. The lowest BCUT2D eigenvalue weighted by molar-refractivity contribution is 0.130. The molecule has 0 aliphatic heterocycles. The summed E-state index contributed by atoms with van der Waals surface area (Å²) in [6.45, 7) is 4.33. The van der Waals surface area contributed by atoms with E-state index >= 15 is 0 Å². The van der Waals surface area contributed by atoms with Gasteiger partial charge in [0.05, 0.1) is 6.10 Å². The molecule has 19 heavy (non-hydrogen) atoms. The Balaban J connectivity index is 1.83. The molecule has 2 heteroatoms. The van der Waals surface area contributed by atoms with E-state index in [0.29, 0.717) is 6.10 Å². The van der Waals surface area contributed by atoms with Gasteiger partial charge < -0.3 is 10.5 Å². The van der Waals surface area contributed by atoms with Crippen LogP contribution in [0.2, 0.25) is 0 Å². The molecule has 2 N–H and O–H groups in total. The maximum Gasteiger partial charge on any atom is 0.119 e. The van der Waals surface area contributed by atoms with Crippen LogP contribution in [-0.2, 0) is 6.42 Å². The summed E-state index contributed by atoms with van der Waals surface area (Å²) in [5.74, 6) is 1.93. The molecule has 0 radical (unpaired) electrons. The number of rotatable bonds is 5. The zero-order valence-electron chi connectivity index (χ0n) is 12.3. The highest BCUT2D eigenvalue weighted by molar-refractivity contribution is 5.28. The molecule has 1 aliphatic rings. The minimum Gasteiger partial charge on any atom is -0.490 e. The van der Waals surface area contributed by atoms with Gasteiger partial charge in [-0.05, 0) is 62.6 Å². The fraction of sp³-hybridized carbons (Fsp3) is 0.647. The van der Waals surface area contributed by atoms with Crippen LogP contribution in [0, 0.1) is 5.92 Å². The zero-order valence-corrected chi connectivity index (χ0v) is 12.3. The fourth-order valence-corrected chi connectivity index (χ4v) is 2.93. The van der Waals surface area contributed by atoms with Crippen LogP contribution in [-0.4, -0.2) is 12.1 Å². The lowest BCUT2D eigenvalue weighted by Crippen LogP contribution is -2.23. The van der Waals surface area contributed by atoms with Gasteiger partial charge in [-0.1, -0.05) is 25.5 Å². The van der Waals surface area contributed by atoms with Crippen LogP contribution in [0.1, 0.15) is 51.5 Å². The summed E-state index contributed by atoms with van der Waals surface area (Å²) in [6, 6.07) is 8.66. The average molecular weight is 261 g/mol. The molecule has 0 amide bonds. The van der Waals surface area contributed by atoms with Crippen molar-refractivity contribution in [3.8, 4) is 5.75 Å². The summed E-state index contributed by atoms with van der Waals surface area (Å²) in [5.41, 5.74) is 7.10. The third-order valence-corrected chi connectivity index (χ3v) is 4.15. The van der Waals surface area contributed by atoms with Crippen molar-refractivity contribution in [2.45, 2.75) is 64.5 Å². The smallest absolute Gasteiger partial charge is 0.119 e. The summed E-state index contributed by atoms with van der Waals surface area (Å²) >= 11 is 0. The third-order valence-electron chi connectivity index (χ3n) is 4.15. The molecule has 2 nitrogen and oxygen atoms in total. The maximum absolute atomic E-state index is 6.08.